The maximum atomic E-state index is 12.9. The predicted octanol–water partition coefficient (Wildman–Crippen LogP) is 3.16. The van der Waals surface area contributed by atoms with Crippen LogP contribution in [0.1, 0.15) is 41.7 Å². The third kappa shape index (κ3) is 6.07. The van der Waals surface area contributed by atoms with Gasteiger partial charge in [0.2, 0.25) is 0 Å². The average molecular weight is 478 g/mol. The topological polar surface area (TPSA) is 105 Å². The number of aliphatic hydroxyl groups is 1. The molecule has 3 N–H and O–H groups in total. The second kappa shape index (κ2) is 11.0. The van der Waals surface area contributed by atoms with Crippen LogP contribution in [0.25, 0.3) is 10.9 Å². The molecule has 4 rings (SSSR count). The molecule has 0 bridgehead atoms. The molecular formula is C27H35N5O3. The highest BCUT2D eigenvalue weighted by Gasteiger charge is 2.33. The number of rotatable bonds is 9. The van der Waals surface area contributed by atoms with Crippen LogP contribution in [-0.2, 0) is 0 Å². The Morgan fingerprint density at radius 3 is 2.83 bits per heavy atom. The molecule has 1 aliphatic heterocycles. The summed E-state index contributed by atoms with van der Waals surface area (Å²) in [5.74, 6) is 0.583. The number of nitrogens with two attached hydrogens (primary N) is 1. The third-order valence-electron chi connectivity index (χ3n) is 6.71. The van der Waals surface area contributed by atoms with Gasteiger partial charge < -0.3 is 25.4 Å². The summed E-state index contributed by atoms with van der Waals surface area (Å²) >= 11 is 0. The fourth-order valence-electron chi connectivity index (χ4n) is 4.55. The highest BCUT2D eigenvalue weighted by molar-refractivity contribution is 5.94. The zero-order valence-electron chi connectivity index (χ0n) is 20.6. The number of hydrogen-bond donors (Lipinski definition) is 2. The molecule has 186 valence electrons. The monoisotopic (exact) mass is 477 g/mol. The molecule has 0 radical (unpaired) electrons. The largest absolute Gasteiger partial charge is 0.494 e. The molecule has 0 saturated carbocycles. The van der Waals surface area contributed by atoms with Crippen LogP contribution in [0.2, 0.25) is 0 Å². The minimum atomic E-state index is -0.797. The van der Waals surface area contributed by atoms with Gasteiger partial charge in [0.25, 0.3) is 5.91 Å². The van der Waals surface area contributed by atoms with Crippen LogP contribution in [0.4, 0.5) is 5.69 Å². The normalized spacial score (nSPS) is 15.3. The van der Waals surface area contributed by atoms with Gasteiger partial charge in [-0.3, -0.25) is 14.8 Å². The van der Waals surface area contributed by atoms with Gasteiger partial charge in [-0.25, -0.2) is 0 Å². The minimum absolute atomic E-state index is 0.0819. The second-order valence-electron chi connectivity index (χ2n) is 9.38. The third-order valence-corrected chi connectivity index (χ3v) is 6.71. The van der Waals surface area contributed by atoms with Crippen molar-refractivity contribution < 1.29 is 14.6 Å². The Morgan fingerprint density at radius 2 is 2.06 bits per heavy atom. The Morgan fingerprint density at radius 1 is 1.26 bits per heavy atom. The van der Waals surface area contributed by atoms with Crippen molar-refractivity contribution in [1.82, 2.24) is 14.9 Å². The predicted molar refractivity (Wildman–Crippen MR) is 138 cm³/mol. The molecule has 1 amide bonds. The highest BCUT2D eigenvalue weighted by Crippen LogP contribution is 2.33. The summed E-state index contributed by atoms with van der Waals surface area (Å²) in [5, 5.41) is 12.3. The second-order valence-corrected chi connectivity index (χ2v) is 9.38. The maximum Gasteiger partial charge on any atom is 0.253 e. The molecule has 2 aromatic heterocycles. The van der Waals surface area contributed by atoms with Crippen LogP contribution in [0.5, 0.6) is 5.75 Å². The Labute approximate surface area is 206 Å². The number of aromatic nitrogens is 2. The van der Waals surface area contributed by atoms with Crippen LogP contribution >= 0.6 is 0 Å². The molecule has 1 saturated heterocycles. The van der Waals surface area contributed by atoms with E-state index in [2.05, 4.69) is 20.9 Å². The van der Waals surface area contributed by atoms with Crippen LogP contribution in [0.3, 0.4) is 0 Å². The summed E-state index contributed by atoms with van der Waals surface area (Å²) in [6, 6.07) is 11.2. The van der Waals surface area contributed by atoms with Gasteiger partial charge in [0.1, 0.15) is 5.75 Å². The zero-order chi connectivity index (χ0) is 24.8. The lowest BCUT2D eigenvalue weighted by atomic mass is 9.87. The summed E-state index contributed by atoms with van der Waals surface area (Å²) in [6.45, 7) is 5.05. The molecule has 0 aliphatic carbocycles. The van der Waals surface area contributed by atoms with E-state index >= 15 is 0 Å². The van der Waals surface area contributed by atoms with Gasteiger partial charge >= 0.3 is 0 Å². The van der Waals surface area contributed by atoms with Gasteiger partial charge in [-0.15, -0.1) is 0 Å². The zero-order valence-corrected chi connectivity index (χ0v) is 20.6. The first kappa shape index (κ1) is 24.9. The van der Waals surface area contributed by atoms with Crippen molar-refractivity contribution in [3.63, 3.8) is 0 Å². The number of aryl methyl sites for hydroxylation is 1. The SMILES string of the molecule is Cc1cc(N2CCC(O)(CCN(C)C(=O)c3cccc(OCCCN)c3)CC2)c2cnccc2n1. The van der Waals surface area contributed by atoms with Gasteiger partial charge in [-0.2, -0.15) is 0 Å². The molecule has 0 spiro atoms. The van der Waals surface area contributed by atoms with Crippen LogP contribution in [0, 0.1) is 6.92 Å². The Kier molecular flexibility index (Phi) is 7.83. The number of ether oxygens (including phenoxy) is 1. The van der Waals surface area contributed by atoms with E-state index < -0.39 is 5.60 Å². The van der Waals surface area contributed by atoms with Crippen molar-refractivity contribution in [2.75, 3.05) is 44.7 Å². The molecule has 8 heteroatoms. The van der Waals surface area contributed by atoms with Crippen molar-refractivity contribution in [3.05, 3.63) is 60.0 Å². The maximum absolute atomic E-state index is 12.9. The molecule has 3 heterocycles. The van der Waals surface area contributed by atoms with E-state index in [1.807, 2.05) is 31.3 Å². The van der Waals surface area contributed by atoms with Gasteiger partial charge in [0.05, 0.1) is 17.7 Å². The fourth-order valence-corrected chi connectivity index (χ4v) is 4.55. The van der Waals surface area contributed by atoms with Gasteiger partial charge in [0, 0.05) is 61.4 Å². The van der Waals surface area contributed by atoms with Gasteiger partial charge in [-0.1, -0.05) is 6.07 Å². The van der Waals surface area contributed by atoms with Crippen LogP contribution < -0.4 is 15.4 Å². The van der Waals surface area contributed by atoms with E-state index in [-0.39, 0.29) is 5.91 Å². The smallest absolute Gasteiger partial charge is 0.253 e. The van der Waals surface area contributed by atoms with Crippen molar-refractivity contribution in [2.24, 2.45) is 5.73 Å². The van der Waals surface area contributed by atoms with Gasteiger partial charge in [-0.05, 0) is 69.5 Å². The number of nitrogens with zero attached hydrogens (tertiary/aromatic N) is 4. The van der Waals surface area contributed by atoms with E-state index in [4.69, 9.17) is 10.5 Å². The number of carbonyl (C=O) groups excluding carboxylic acids is 1. The molecule has 35 heavy (non-hydrogen) atoms. The number of benzene rings is 1. The number of carbonyl (C=O) groups is 1. The van der Waals surface area contributed by atoms with E-state index in [0.717, 1.165) is 41.8 Å². The van der Waals surface area contributed by atoms with Gasteiger partial charge in [0.15, 0.2) is 0 Å². The van der Waals surface area contributed by atoms with Crippen LogP contribution in [-0.4, -0.2) is 71.3 Å². The molecule has 0 atom stereocenters. The van der Waals surface area contributed by atoms with E-state index in [9.17, 15) is 9.90 Å². The lowest BCUT2D eigenvalue weighted by Crippen LogP contribution is -2.46. The number of hydrogen-bond acceptors (Lipinski definition) is 7. The van der Waals surface area contributed by atoms with E-state index in [0.29, 0.717) is 50.3 Å². The number of amides is 1. The number of piperidine rings is 1. The van der Waals surface area contributed by atoms with Crippen LogP contribution in [0.15, 0.2) is 48.8 Å². The molecule has 8 nitrogen and oxygen atoms in total. The first-order valence-corrected chi connectivity index (χ1v) is 12.3. The molecule has 0 unspecified atom stereocenters. The lowest BCUT2D eigenvalue weighted by Gasteiger charge is -2.40. The minimum Gasteiger partial charge on any atom is -0.494 e. The van der Waals surface area contributed by atoms with Crippen molar-refractivity contribution in [2.45, 2.75) is 38.2 Å². The summed E-state index contributed by atoms with van der Waals surface area (Å²) in [6.07, 6.45) is 6.20. The fraction of sp³-hybridized carbons (Fsp3) is 0.444. The summed E-state index contributed by atoms with van der Waals surface area (Å²) < 4.78 is 5.67. The molecule has 1 aliphatic rings. The molecule has 1 aromatic carbocycles. The first-order chi connectivity index (χ1) is 16.9. The van der Waals surface area contributed by atoms with Crippen molar-refractivity contribution in [1.29, 1.82) is 0 Å². The number of anilines is 1. The van der Waals surface area contributed by atoms with Crippen molar-refractivity contribution >= 4 is 22.5 Å². The average Bonchev–Trinajstić information content (AvgIpc) is 2.87. The molecule has 1 fully saturated rings. The first-order valence-electron chi connectivity index (χ1n) is 12.3. The summed E-state index contributed by atoms with van der Waals surface area (Å²) in [5.41, 5.74) is 8.31. The lowest BCUT2D eigenvalue weighted by molar-refractivity contribution is 0.00202. The quantitative estimate of drug-likeness (QED) is 0.456. The Balaban J connectivity index is 1.33. The molecular weight excluding hydrogens is 442 g/mol. The summed E-state index contributed by atoms with van der Waals surface area (Å²) in [7, 11) is 1.78. The van der Waals surface area contributed by atoms with Crippen molar-refractivity contribution in [3.8, 4) is 5.75 Å². The standard InChI is InChI=1S/C27H35N5O3/c1-20-17-25(23-19-29-12-7-24(23)30-20)32-14-9-27(34,10-15-32)8-13-31(2)26(33)21-5-3-6-22(18-21)35-16-4-11-28/h3,5-7,12,17-19,34H,4,8-11,13-16,28H2,1-2H3. The highest BCUT2D eigenvalue weighted by atomic mass is 16.5. The van der Waals surface area contributed by atoms with E-state index in [1.54, 1.807) is 30.3 Å². The summed E-state index contributed by atoms with van der Waals surface area (Å²) in [4.78, 5) is 25.8. The van der Waals surface area contributed by atoms with E-state index in [1.165, 1.54) is 0 Å². The number of fused-ring (bicyclic) bond motifs is 1. The number of pyridine rings is 2. The Bertz CT molecular complexity index is 1160. The Hall–Kier alpha value is -3.23. The molecule has 3 aromatic rings.